The molecule has 1 unspecified atom stereocenters. The lowest BCUT2D eigenvalue weighted by Crippen LogP contribution is -2.41. The molecule has 0 aliphatic carbocycles. The van der Waals surface area contributed by atoms with E-state index in [0.717, 1.165) is 29.5 Å². The minimum atomic E-state index is 0.193. The number of fused-ring (bicyclic) bond motifs is 1. The van der Waals surface area contributed by atoms with Gasteiger partial charge in [-0.05, 0) is 38.6 Å². The molecule has 3 heterocycles. The second-order valence-corrected chi connectivity index (χ2v) is 6.18. The first-order valence-corrected chi connectivity index (χ1v) is 6.92. The molecular formula is C14H21N5. The SMILES string of the molecule is Cc1cc2nnc(C3NCCCC3(C)C)n2c(C)n1. The van der Waals surface area contributed by atoms with Crippen molar-refractivity contribution in [3.63, 3.8) is 0 Å². The number of hydrogen-bond acceptors (Lipinski definition) is 4. The average molecular weight is 259 g/mol. The Bertz CT molecular complexity index is 614. The Hall–Kier alpha value is -1.49. The van der Waals surface area contributed by atoms with Crippen LogP contribution >= 0.6 is 0 Å². The van der Waals surface area contributed by atoms with Crippen molar-refractivity contribution in [1.29, 1.82) is 0 Å². The molecule has 102 valence electrons. The lowest BCUT2D eigenvalue weighted by atomic mass is 9.77. The first-order chi connectivity index (χ1) is 8.99. The van der Waals surface area contributed by atoms with Crippen LogP contribution in [-0.2, 0) is 0 Å². The second-order valence-electron chi connectivity index (χ2n) is 6.18. The van der Waals surface area contributed by atoms with E-state index >= 15 is 0 Å². The summed E-state index contributed by atoms with van der Waals surface area (Å²) in [5.74, 6) is 1.95. The molecule has 1 aliphatic rings. The molecule has 1 atom stereocenters. The highest BCUT2D eigenvalue weighted by atomic mass is 15.3. The van der Waals surface area contributed by atoms with Crippen molar-refractivity contribution in [2.24, 2.45) is 5.41 Å². The minimum absolute atomic E-state index is 0.193. The van der Waals surface area contributed by atoms with Crippen molar-refractivity contribution in [1.82, 2.24) is 24.9 Å². The van der Waals surface area contributed by atoms with Gasteiger partial charge in [0, 0.05) is 11.8 Å². The number of aromatic nitrogens is 4. The minimum Gasteiger partial charge on any atom is -0.307 e. The van der Waals surface area contributed by atoms with Crippen LogP contribution in [0.1, 0.15) is 50.1 Å². The maximum absolute atomic E-state index is 4.53. The fourth-order valence-corrected chi connectivity index (χ4v) is 3.10. The lowest BCUT2D eigenvalue weighted by molar-refractivity contribution is 0.173. The molecule has 2 aromatic heterocycles. The van der Waals surface area contributed by atoms with Crippen LogP contribution in [-0.4, -0.2) is 26.1 Å². The third-order valence-corrected chi connectivity index (χ3v) is 4.10. The van der Waals surface area contributed by atoms with E-state index in [4.69, 9.17) is 0 Å². The first kappa shape index (κ1) is 12.5. The van der Waals surface area contributed by atoms with Gasteiger partial charge >= 0.3 is 0 Å². The molecule has 1 aliphatic heterocycles. The van der Waals surface area contributed by atoms with Crippen LogP contribution < -0.4 is 5.32 Å². The van der Waals surface area contributed by atoms with E-state index in [1.54, 1.807) is 0 Å². The van der Waals surface area contributed by atoms with E-state index in [1.807, 2.05) is 19.9 Å². The largest absolute Gasteiger partial charge is 0.307 e. The van der Waals surface area contributed by atoms with Crippen LogP contribution in [0.5, 0.6) is 0 Å². The standard InChI is InChI=1S/C14H21N5/c1-9-8-11-17-18-13(19(11)10(2)16-9)12-14(3,4)6-5-7-15-12/h8,12,15H,5-7H2,1-4H3. The predicted molar refractivity (Wildman–Crippen MR) is 74.0 cm³/mol. The molecule has 0 spiro atoms. The summed E-state index contributed by atoms with van der Waals surface area (Å²) < 4.78 is 2.08. The van der Waals surface area contributed by atoms with Gasteiger partial charge in [-0.25, -0.2) is 4.98 Å². The van der Waals surface area contributed by atoms with Crippen molar-refractivity contribution >= 4 is 5.65 Å². The smallest absolute Gasteiger partial charge is 0.164 e. The van der Waals surface area contributed by atoms with Gasteiger partial charge in [-0.2, -0.15) is 0 Å². The Morgan fingerprint density at radius 2 is 2.11 bits per heavy atom. The summed E-state index contributed by atoms with van der Waals surface area (Å²) in [6, 6.07) is 2.22. The van der Waals surface area contributed by atoms with Crippen molar-refractivity contribution in [3.05, 3.63) is 23.4 Å². The number of aryl methyl sites for hydroxylation is 2. The van der Waals surface area contributed by atoms with Crippen molar-refractivity contribution in [2.45, 2.75) is 46.6 Å². The highest BCUT2D eigenvalue weighted by molar-refractivity contribution is 5.40. The Labute approximate surface area is 113 Å². The van der Waals surface area contributed by atoms with Crippen molar-refractivity contribution in [3.8, 4) is 0 Å². The predicted octanol–water partition coefficient (Wildman–Crippen LogP) is 2.19. The molecule has 2 aromatic rings. The van der Waals surface area contributed by atoms with E-state index in [0.29, 0.717) is 0 Å². The Morgan fingerprint density at radius 3 is 2.84 bits per heavy atom. The Morgan fingerprint density at radius 1 is 1.32 bits per heavy atom. The zero-order valence-corrected chi connectivity index (χ0v) is 12.1. The average Bonchev–Trinajstić information content (AvgIpc) is 2.72. The quantitative estimate of drug-likeness (QED) is 0.853. The second kappa shape index (κ2) is 4.27. The molecule has 0 aromatic carbocycles. The zero-order chi connectivity index (χ0) is 13.6. The Kier molecular flexibility index (Phi) is 2.82. The van der Waals surface area contributed by atoms with Crippen LogP contribution in [0, 0.1) is 19.3 Å². The fourth-order valence-electron chi connectivity index (χ4n) is 3.10. The molecule has 5 heteroatoms. The number of nitrogens with one attached hydrogen (secondary N) is 1. The van der Waals surface area contributed by atoms with Crippen LogP contribution in [0.2, 0.25) is 0 Å². The Balaban J connectivity index is 2.15. The third kappa shape index (κ3) is 2.02. The molecule has 1 saturated heterocycles. The first-order valence-electron chi connectivity index (χ1n) is 6.92. The van der Waals surface area contributed by atoms with Gasteiger partial charge in [-0.15, -0.1) is 10.2 Å². The third-order valence-electron chi connectivity index (χ3n) is 4.10. The highest BCUT2D eigenvalue weighted by Crippen LogP contribution is 2.39. The molecule has 1 fully saturated rings. The molecule has 3 rings (SSSR count). The molecule has 0 radical (unpaired) electrons. The van der Waals surface area contributed by atoms with E-state index in [2.05, 4.69) is 38.7 Å². The van der Waals surface area contributed by atoms with Gasteiger partial charge in [-0.1, -0.05) is 13.8 Å². The van der Waals surface area contributed by atoms with Gasteiger partial charge in [0.25, 0.3) is 0 Å². The molecule has 0 bridgehead atoms. The summed E-state index contributed by atoms with van der Waals surface area (Å²) in [6.45, 7) is 9.64. The van der Waals surface area contributed by atoms with E-state index < -0.39 is 0 Å². The van der Waals surface area contributed by atoms with Gasteiger partial charge < -0.3 is 5.32 Å². The fraction of sp³-hybridized carbons (Fsp3) is 0.643. The van der Waals surface area contributed by atoms with Gasteiger partial charge in [-0.3, -0.25) is 4.40 Å². The van der Waals surface area contributed by atoms with Crippen LogP contribution in [0.3, 0.4) is 0 Å². The summed E-state index contributed by atoms with van der Waals surface area (Å²) in [4.78, 5) is 4.53. The molecule has 19 heavy (non-hydrogen) atoms. The number of hydrogen-bond donors (Lipinski definition) is 1. The molecule has 1 N–H and O–H groups in total. The molecule has 5 nitrogen and oxygen atoms in total. The van der Waals surface area contributed by atoms with E-state index in [9.17, 15) is 0 Å². The number of piperidine rings is 1. The highest BCUT2D eigenvalue weighted by Gasteiger charge is 2.36. The topological polar surface area (TPSA) is 55.1 Å². The summed E-state index contributed by atoms with van der Waals surface area (Å²) in [5, 5.41) is 12.3. The van der Waals surface area contributed by atoms with E-state index in [1.165, 1.54) is 12.8 Å². The molecular weight excluding hydrogens is 238 g/mol. The zero-order valence-electron chi connectivity index (χ0n) is 12.1. The summed E-state index contributed by atoms with van der Waals surface area (Å²) in [7, 11) is 0. The molecule has 0 amide bonds. The van der Waals surface area contributed by atoms with Crippen molar-refractivity contribution in [2.75, 3.05) is 6.54 Å². The van der Waals surface area contributed by atoms with Gasteiger partial charge in [0.05, 0.1) is 6.04 Å². The van der Waals surface area contributed by atoms with Gasteiger partial charge in [0.2, 0.25) is 0 Å². The lowest BCUT2D eigenvalue weighted by Gasteiger charge is -2.38. The number of rotatable bonds is 1. The normalized spacial score (nSPS) is 22.8. The monoisotopic (exact) mass is 259 g/mol. The molecule has 0 saturated carbocycles. The maximum Gasteiger partial charge on any atom is 0.164 e. The summed E-state index contributed by atoms with van der Waals surface area (Å²) in [6.07, 6.45) is 2.43. The van der Waals surface area contributed by atoms with Gasteiger partial charge in [0.15, 0.2) is 11.5 Å². The maximum atomic E-state index is 4.53. The van der Waals surface area contributed by atoms with Crippen LogP contribution in [0.4, 0.5) is 0 Å². The number of nitrogens with zero attached hydrogens (tertiary/aromatic N) is 4. The summed E-state index contributed by atoms with van der Waals surface area (Å²) in [5.41, 5.74) is 2.07. The van der Waals surface area contributed by atoms with Crippen LogP contribution in [0.25, 0.3) is 5.65 Å². The van der Waals surface area contributed by atoms with Crippen molar-refractivity contribution < 1.29 is 0 Å². The van der Waals surface area contributed by atoms with Crippen LogP contribution in [0.15, 0.2) is 6.07 Å². The summed E-state index contributed by atoms with van der Waals surface area (Å²) >= 11 is 0. The van der Waals surface area contributed by atoms with Gasteiger partial charge in [0.1, 0.15) is 5.82 Å². The van der Waals surface area contributed by atoms with E-state index in [-0.39, 0.29) is 11.5 Å².